The van der Waals surface area contributed by atoms with E-state index in [0.29, 0.717) is 0 Å². The second-order valence-corrected chi connectivity index (χ2v) is 3.05. The maximum absolute atomic E-state index is 8.49. The number of rotatable bonds is 6. The Hall–Kier alpha value is -1.41. The Labute approximate surface area is 83.8 Å². The zero-order valence-corrected chi connectivity index (χ0v) is 8.40. The average molecular weight is 193 g/mol. The van der Waals surface area contributed by atoms with Gasteiger partial charge < -0.3 is 5.32 Å². The first-order valence-corrected chi connectivity index (χ1v) is 4.87. The number of hydrogen-bond acceptors (Lipinski definition) is 4. The molecule has 1 N–H and O–H groups in total. The van der Waals surface area contributed by atoms with Crippen molar-refractivity contribution in [2.24, 2.45) is 0 Å². The van der Waals surface area contributed by atoms with Gasteiger partial charge >= 0.3 is 0 Å². The van der Waals surface area contributed by atoms with Gasteiger partial charge in [0, 0.05) is 6.54 Å². The van der Waals surface area contributed by atoms with Gasteiger partial charge in [-0.1, -0.05) is 6.92 Å². The molecule has 76 valence electrons. The van der Waals surface area contributed by atoms with E-state index in [1.165, 1.54) is 0 Å². The van der Waals surface area contributed by atoms with Crippen LogP contribution in [0.15, 0.2) is 6.33 Å². The van der Waals surface area contributed by atoms with E-state index >= 15 is 0 Å². The van der Waals surface area contributed by atoms with Crippen LogP contribution in [0.5, 0.6) is 0 Å². The molecule has 0 bridgehead atoms. The first kappa shape index (κ1) is 10.7. The van der Waals surface area contributed by atoms with Gasteiger partial charge in [-0.2, -0.15) is 5.26 Å². The molecule has 0 atom stereocenters. The van der Waals surface area contributed by atoms with E-state index in [1.807, 2.05) is 6.07 Å². The summed E-state index contributed by atoms with van der Waals surface area (Å²) in [5, 5.41) is 15.8. The molecule has 0 aromatic carbocycles. The lowest BCUT2D eigenvalue weighted by Crippen LogP contribution is -2.17. The van der Waals surface area contributed by atoms with Crippen molar-refractivity contribution in [2.45, 2.75) is 26.3 Å². The molecule has 1 aromatic rings. The summed E-state index contributed by atoms with van der Waals surface area (Å²) in [5.41, 5.74) is 0. The zero-order valence-electron chi connectivity index (χ0n) is 8.40. The minimum absolute atomic E-state index is 0.242. The normalized spacial score (nSPS) is 10.0. The second kappa shape index (κ2) is 6.11. The van der Waals surface area contributed by atoms with Crippen molar-refractivity contribution in [1.82, 2.24) is 20.1 Å². The molecule has 0 aliphatic carbocycles. The van der Waals surface area contributed by atoms with E-state index in [0.717, 1.165) is 32.5 Å². The fourth-order valence-electron chi connectivity index (χ4n) is 1.12. The summed E-state index contributed by atoms with van der Waals surface area (Å²) in [5.74, 6) is 0.242. The lowest BCUT2D eigenvalue weighted by atomic mass is 10.4. The molecule has 14 heavy (non-hydrogen) atoms. The predicted molar refractivity (Wildman–Crippen MR) is 52.5 cm³/mol. The molecule has 0 fully saturated rings. The summed E-state index contributed by atoms with van der Waals surface area (Å²) in [7, 11) is 0. The molecule has 0 radical (unpaired) electrons. The topological polar surface area (TPSA) is 66.5 Å². The van der Waals surface area contributed by atoms with Gasteiger partial charge in [0.05, 0.1) is 0 Å². The van der Waals surface area contributed by atoms with Crippen molar-refractivity contribution >= 4 is 0 Å². The third-order valence-corrected chi connectivity index (χ3v) is 1.80. The summed E-state index contributed by atoms with van der Waals surface area (Å²) in [6, 6.07) is 1.90. The fourth-order valence-corrected chi connectivity index (χ4v) is 1.12. The molecular formula is C9H15N5. The Morgan fingerprint density at radius 3 is 3.07 bits per heavy atom. The van der Waals surface area contributed by atoms with Gasteiger partial charge in [0.25, 0.3) is 5.82 Å². The Kier molecular flexibility index (Phi) is 4.65. The van der Waals surface area contributed by atoms with Crippen molar-refractivity contribution in [3.63, 3.8) is 0 Å². The zero-order chi connectivity index (χ0) is 10.2. The minimum Gasteiger partial charge on any atom is -0.317 e. The molecule has 0 aliphatic heterocycles. The van der Waals surface area contributed by atoms with Crippen LogP contribution in [-0.2, 0) is 6.54 Å². The van der Waals surface area contributed by atoms with Crippen LogP contribution >= 0.6 is 0 Å². The monoisotopic (exact) mass is 193 g/mol. The minimum atomic E-state index is 0.242. The number of nitrogens with zero attached hydrogens (tertiary/aromatic N) is 4. The Morgan fingerprint density at radius 2 is 2.43 bits per heavy atom. The lowest BCUT2D eigenvalue weighted by molar-refractivity contribution is 0.541. The Balaban J connectivity index is 2.16. The van der Waals surface area contributed by atoms with Crippen LogP contribution in [0.3, 0.4) is 0 Å². The van der Waals surface area contributed by atoms with Crippen molar-refractivity contribution in [3.05, 3.63) is 12.2 Å². The van der Waals surface area contributed by atoms with E-state index < -0.39 is 0 Å². The van der Waals surface area contributed by atoms with Crippen LogP contribution < -0.4 is 5.32 Å². The molecule has 1 aromatic heterocycles. The van der Waals surface area contributed by atoms with E-state index in [4.69, 9.17) is 5.26 Å². The summed E-state index contributed by atoms with van der Waals surface area (Å²) < 4.78 is 1.70. The van der Waals surface area contributed by atoms with Crippen LogP contribution in [0, 0.1) is 11.3 Å². The highest BCUT2D eigenvalue weighted by Crippen LogP contribution is 1.89. The molecule has 1 rings (SSSR count). The van der Waals surface area contributed by atoms with Crippen LogP contribution in [0.2, 0.25) is 0 Å². The van der Waals surface area contributed by atoms with Gasteiger partial charge in [-0.05, 0) is 25.9 Å². The van der Waals surface area contributed by atoms with E-state index in [9.17, 15) is 0 Å². The Morgan fingerprint density at radius 1 is 1.57 bits per heavy atom. The lowest BCUT2D eigenvalue weighted by Gasteiger charge is -2.01. The molecule has 5 nitrogen and oxygen atoms in total. The summed E-state index contributed by atoms with van der Waals surface area (Å²) in [4.78, 5) is 3.82. The van der Waals surface area contributed by atoms with E-state index in [-0.39, 0.29) is 5.82 Å². The third kappa shape index (κ3) is 3.54. The van der Waals surface area contributed by atoms with Crippen LogP contribution in [0.4, 0.5) is 0 Å². The van der Waals surface area contributed by atoms with Crippen molar-refractivity contribution < 1.29 is 0 Å². The number of nitriles is 1. The number of aromatic nitrogens is 3. The number of aryl methyl sites for hydroxylation is 1. The van der Waals surface area contributed by atoms with Crippen molar-refractivity contribution in [1.29, 1.82) is 5.26 Å². The molecule has 0 amide bonds. The molecular weight excluding hydrogens is 178 g/mol. The van der Waals surface area contributed by atoms with Gasteiger partial charge in [-0.15, -0.1) is 5.10 Å². The number of nitrogens with one attached hydrogen (secondary N) is 1. The summed E-state index contributed by atoms with van der Waals surface area (Å²) in [6.07, 6.45) is 3.76. The van der Waals surface area contributed by atoms with Gasteiger partial charge in [-0.3, -0.25) is 4.68 Å². The van der Waals surface area contributed by atoms with Crippen molar-refractivity contribution in [2.75, 3.05) is 13.1 Å². The standard InChI is InChI=1S/C9H15N5/c1-2-4-11-5-3-6-14-8-12-9(7-10)13-14/h8,11H,2-6H2,1H3. The highest BCUT2D eigenvalue weighted by molar-refractivity contribution is 5.05. The highest BCUT2D eigenvalue weighted by atomic mass is 15.3. The van der Waals surface area contributed by atoms with Gasteiger partial charge in [-0.25, -0.2) is 4.98 Å². The van der Waals surface area contributed by atoms with Crippen LogP contribution in [0.25, 0.3) is 0 Å². The molecule has 0 unspecified atom stereocenters. The third-order valence-electron chi connectivity index (χ3n) is 1.80. The number of hydrogen-bond donors (Lipinski definition) is 1. The second-order valence-electron chi connectivity index (χ2n) is 3.05. The van der Waals surface area contributed by atoms with Gasteiger partial charge in [0.1, 0.15) is 12.4 Å². The Bertz CT molecular complexity index is 298. The molecule has 0 aliphatic rings. The fraction of sp³-hybridized carbons (Fsp3) is 0.667. The quantitative estimate of drug-likeness (QED) is 0.669. The smallest absolute Gasteiger partial charge is 0.252 e. The predicted octanol–water partition coefficient (Wildman–Crippen LogP) is 0.539. The molecule has 1 heterocycles. The van der Waals surface area contributed by atoms with E-state index in [2.05, 4.69) is 22.3 Å². The van der Waals surface area contributed by atoms with Gasteiger partial charge in [0.15, 0.2) is 0 Å². The molecule has 0 spiro atoms. The maximum atomic E-state index is 8.49. The first-order chi connectivity index (χ1) is 6.86. The first-order valence-electron chi connectivity index (χ1n) is 4.87. The largest absolute Gasteiger partial charge is 0.317 e. The maximum Gasteiger partial charge on any atom is 0.252 e. The van der Waals surface area contributed by atoms with Crippen LogP contribution in [0.1, 0.15) is 25.6 Å². The average Bonchev–Trinajstić information content (AvgIpc) is 2.65. The summed E-state index contributed by atoms with van der Waals surface area (Å²) in [6.45, 7) is 4.99. The van der Waals surface area contributed by atoms with Gasteiger partial charge in [0.2, 0.25) is 0 Å². The molecule has 0 saturated heterocycles. The molecule has 5 heteroatoms. The SMILES string of the molecule is CCCNCCCn1cnc(C#N)n1. The molecule has 0 saturated carbocycles. The van der Waals surface area contributed by atoms with Crippen molar-refractivity contribution in [3.8, 4) is 6.07 Å². The summed E-state index contributed by atoms with van der Waals surface area (Å²) >= 11 is 0. The highest BCUT2D eigenvalue weighted by Gasteiger charge is 1.97. The van der Waals surface area contributed by atoms with E-state index in [1.54, 1.807) is 11.0 Å². The van der Waals surface area contributed by atoms with Crippen LogP contribution in [-0.4, -0.2) is 27.9 Å².